The van der Waals surface area contributed by atoms with E-state index < -0.39 is 5.97 Å². The van der Waals surface area contributed by atoms with Gasteiger partial charge in [0.1, 0.15) is 0 Å². The molecule has 0 unspecified atom stereocenters. The number of carboxylic acids is 1. The zero-order chi connectivity index (χ0) is 14.4. The highest BCUT2D eigenvalue weighted by Gasteiger charge is 2.02. The molecule has 0 atom stereocenters. The third kappa shape index (κ3) is 4.47. The molecule has 2 aromatic rings. The second kappa shape index (κ2) is 7.22. The van der Waals surface area contributed by atoms with Crippen molar-refractivity contribution < 1.29 is 9.90 Å². The number of carboxylic acid groups (broad SMARTS) is 1. The lowest BCUT2D eigenvalue weighted by molar-refractivity contribution is 0.0696. The van der Waals surface area contributed by atoms with Crippen molar-refractivity contribution in [2.45, 2.75) is 13.0 Å². The highest BCUT2D eigenvalue weighted by Crippen LogP contribution is 2.11. The zero-order valence-corrected chi connectivity index (χ0v) is 12.6. The molecule has 0 fully saturated rings. The summed E-state index contributed by atoms with van der Waals surface area (Å²) in [5.41, 5.74) is 2.58. The number of hydrogen-bond donors (Lipinski definition) is 2. The fourth-order valence-electron chi connectivity index (χ4n) is 1.97. The summed E-state index contributed by atoms with van der Waals surface area (Å²) < 4.78 is 1.09. The van der Waals surface area contributed by atoms with Crippen LogP contribution in [0.3, 0.4) is 0 Å². The molecule has 0 radical (unpaired) electrons. The first-order valence-corrected chi connectivity index (χ1v) is 7.22. The normalized spacial score (nSPS) is 10.4. The highest BCUT2D eigenvalue weighted by atomic mass is 79.9. The van der Waals surface area contributed by atoms with Crippen LogP contribution in [0, 0.1) is 0 Å². The Balaban J connectivity index is 1.81. The molecular weight excluding hydrogens is 318 g/mol. The van der Waals surface area contributed by atoms with Gasteiger partial charge in [0.2, 0.25) is 0 Å². The lowest BCUT2D eigenvalue weighted by atomic mass is 10.1. The third-order valence-electron chi connectivity index (χ3n) is 2.98. The van der Waals surface area contributed by atoms with E-state index in [1.165, 1.54) is 5.56 Å². The van der Waals surface area contributed by atoms with E-state index >= 15 is 0 Å². The van der Waals surface area contributed by atoms with E-state index in [-0.39, 0.29) is 0 Å². The molecule has 104 valence electrons. The number of benzene rings is 2. The van der Waals surface area contributed by atoms with E-state index in [9.17, 15) is 4.79 Å². The number of halogens is 1. The molecule has 0 saturated carbocycles. The molecule has 0 amide bonds. The molecule has 0 aliphatic rings. The summed E-state index contributed by atoms with van der Waals surface area (Å²) in [6.45, 7) is 1.53. The van der Waals surface area contributed by atoms with Gasteiger partial charge in [-0.05, 0) is 48.4 Å². The summed E-state index contributed by atoms with van der Waals surface area (Å²) in [6.07, 6.45) is 0.943. The van der Waals surface area contributed by atoms with Crippen LogP contribution in [0.15, 0.2) is 53.0 Å². The van der Waals surface area contributed by atoms with Crippen molar-refractivity contribution in [3.63, 3.8) is 0 Å². The highest BCUT2D eigenvalue weighted by molar-refractivity contribution is 9.10. The Bertz CT molecular complexity index is 599. The van der Waals surface area contributed by atoms with Crippen LogP contribution in [0.25, 0.3) is 0 Å². The second-order valence-electron chi connectivity index (χ2n) is 4.56. The molecule has 0 heterocycles. The van der Waals surface area contributed by atoms with Gasteiger partial charge in [0, 0.05) is 11.0 Å². The van der Waals surface area contributed by atoms with Gasteiger partial charge in [-0.15, -0.1) is 0 Å². The molecule has 0 aliphatic carbocycles. The molecule has 0 bridgehead atoms. The molecule has 2 N–H and O–H groups in total. The van der Waals surface area contributed by atoms with Gasteiger partial charge in [-0.2, -0.15) is 0 Å². The Hall–Kier alpha value is -1.65. The van der Waals surface area contributed by atoms with Crippen LogP contribution in [0.1, 0.15) is 21.5 Å². The molecular formula is C16H16BrNO2. The van der Waals surface area contributed by atoms with E-state index in [4.69, 9.17) is 5.11 Å². The monoisotopic (exact) mass is 333 g/mol. The Morgan fingerprint density at radius 3 is 2.60 bits per heavy atom. The van der Waals surface area contributed by atoms with Crippen LogP contribution in [0.5, 0.6) is 0 Å². The minimum absolute atomic E-state index is 0.330. The van der Waals surface area contributed by atoms with Crippen molar-refractivity contribution in [3.05, 3.63) is 69.7 Å². The first-order valence-electron chi connectivity index (χ1n) is 6.42. The molecule has 0 saturated heterocycles. The maximum absolute atomic E-state index is 10.9. The first-order chi connectivity index (χ1) is 9.65. The van der Waals surface area contributed by atoms with E-state index in [1.807, 2.05) is 18.2 Å². The third-order valence-corrected chi connectivity index (χ3v) is 3.48. The van der Waals surface area contributed by atoms with Gasteiger partial charge in [0.05, 0.1) is 5.56 Å². The van der Waals surface area contributed by atoms with Gasteiger partial charge in [0.15, 0.2) is 0 Å². The number of rotatable bonds is 6. The standard InChI is InChI=1S/C16H16BrNO2/c17-15-6-2-3-12(10-15)7-8-18-11-13-4-1-5-14(9-13)16(19)20/h1-6,9-10,18H,7-8,11H2,(H,19,20). The Morgan fingerprint density at radius 1 is 1.10 bits per heavy atom. The number of aromatic carboxylic acids is 1. The maximum atomic E-state index is 10.9. The Morgan fingerprint density at radius 2 is 1.85 bits per heavy atom. The van der Waals surface area contributed by atoms with Gasteiger partial charge in [-0.3, -0.25) is 0 Å². The van der Waals surface area contributed by atoms with Gasteiger partial charge in [-0.25, -0.2) is 4.79 Å². The lowest BCUT2D eigenvalue weighted by Crippen LogP contribution is -2.17. The van der Waals surface area contributed by atoms with Crippen molar-refractivity contribution >= 4 is 21.9 Å². The fourth-order valence-corrected chi connectivity index (χ4v) is 2.42. The van der Waals surface area contributed by atoms with Gasteiger partial charge in [-0.1, -0.05) is 40.2 Å². The molecule has 4 heteroatoms. The van der Waals surface area contributed by atoms with Crippen molar-refractivity contribution in [3.8, 4) is 0 Å². The smallest absolute Gasteiger partial charge is 0.335 e. The van der Waals surface area contributed by atoms with Crippen molar-refractivity contribution in [1.82, 2.24) is 5.32 Å². The molecule has 0 aliphatic heterocycles. The number of nitrogens with one attached hydrogen (secondary N) is 1. The molecule has 2 rings (SSSR count). The zero-order valence-electron chi connectivity index (χ0n) is 11.0. The van der Waals surface area contributed by atoms with E-state index in [1.54, 1.807) is 18.2 Å². The van der Waals surface area contributed by atoms with Crippen LogP contribution in [-0.4, -0.2) is 17.6 Å². The van der Waals surface area contributed by atoms with Crippen molar-refractivity contribution in [2.24, 2.45) is 0 Å². The lowest BCUT2D eigenvalue weighted by Gasteiger charge is -2.06. The SMILES string of the molecule is O=C(O)c1cccc(CNCCc2cccc(Br)c2)c1. The average Bonchev–Trinajstić information content (AvgIpc) is 2.44. The topological polar surface area (TPSA) is 49.3 Å². The summed E-state index contributed by atoms with van der Waals surface area (Å²) in [6, 6.07) is 15.2. The summed E-state index contributed by atoms with van der Waals surface area (Å²) >= 11 is 3.45. The average molecular weight is 334 g/mol. The molecule has 0 spiro atoms. The second-order valence-corrected chi connectivity index (χ2v) is 5.48. The predicted molar refractivity (Wildman–Crippen MR) is 83.0 cm³/mol. The largest absolute Gasteiger partial charge is 0.478 e. The van der Waals surface area contributed by atoms with E-state index in [0.29, 0.717) is 12.1 Å². The quantitative estimate of drug-likeness (QED) is 0.795. The van der Waals surface area contributed by atoms with Crippen LogP contribution in [-0.2, 0) is 13.0 Å². The molecule has 2 aromatic carbocycles. The maximum Gasteiger partial charge on any atom is 0.335 e. The first kappa shape index (κ1) is 14.8. The Labute approximate surface area is 126 Å². The Kier molecular flexibility index (Phi) is 5.32. The van der Waals surface area contributed by atoms with Crippen LogP contribution in [0.4, 0.5) is 0 Å². The molecule has 0 aromatic heterocycles. The fraction of sp³-hybridized carbons (Fsp3) is 0.188. The van der Waals surface area contributed by atoms with Crippen molar-refractivity contribution in [1.29, 1.82) is 0 Å². The van der Waals surface area contributed by atoms with E-state index in [2.05, 4.69) is 33.4 Å². The summed E-state index contributed by atoms with van der Waals surface area (Å²) in [4.78, 5) is 10.9. The van der Waals surface area contributed by atoms with Crippen molar-refractivity contribution in [2.75, 3.05) is 6.54 Å². The minimum atomic E-state index is -0.888. The predicted octanol–water partition coefficient (Wildman–Crippen LogP) is 3.48. The van der Waals surface area contributed by atoms with Crippen LogP contribution in [0.2, 0.25) is 0 Å². The van der Waals surface area contributed by atoms with Gasteiger partial charge >= 0.3 is 5.97 Å². The number of carbonyl (C=O) groups is 1. The number of hydrogen-bond acceptors (Lipinski definition) is 2. The molecule has 20 heavy (non-hydrogen) atoms. The summed E-state index contributed by atoms with van der Waals surface area (Å²) in [5.74, 6) is -0.888. The minimum Gasteiger partial charge on any atom is -0.478 e. The van der Waals surface area contributed by atoms with Gasteiger partial charge < -0.3 is 10.4 Å². The van der Waals surface area contributed by atoms with Crippen LogP contribution >= 0.6 is 15.9 Å². The molecule has 3 nitrogen and oxygen atoms in total. The summed E-state index contributed by atoms with van der Waals surface area (Å²) in [7, 11) is 0. The summed E-state index contributed by atoms with van der Waals surface area (Å²) in [5, 5.41) is 12.3. The van der Waals surface area contributed by atoms with Gasteiger partial charge in [0.25, 0.3) is 0 Å². The van der Waals surface area contributed by atoms with E-state index in [0.717, 1.165) is 23.0 Å². The van der Waals surface area contributed by atoms with Crippen LogP contribution < -0.4 is 5.32 Å².